The zero-order chi connectivity index (χ0) is 11.6. The highest BCUT2D eigenvalue weighted by molar-refractivity contribution is 7.48. The van der Waals surface area contributed by atoms with Crippen LogP contribution in [0.4, 0.5) is 0 Å². The monoisotopic (exact) mass is 249 g/mol. The van der Waals surface area contributed by atoms with Crippen LogP contribution >= 0.6 is 7.82 Å². The van der Waals surface area contributed by atoms with Crippen LogP contribution < -0.4 is 5.32 Å². The van der Waals surface area contributed by atoms with Gasteiger partial charge < -0.3 is 5.32 Å². The topological polar surface area (TPSA) is 73.9 Å². The zero-order valence-corrected chi connectivity index (χ0v) is 10.1. The van der Waals surface area contributed by atoms with Crippen molar-refractivity contribution in [3.63, 3.8) is 0 Å². The van der Waals surface area contributed by atoms with Gasteiger partial charge in [-0.25, -0.2) is 4.57 Å². The average molecular weight is 249 g/mol. The minimum Gasteiger partial charge on any atom is -0.355 e. The quantitative estimate of drug-likeness (QED) is 0.596. The van der Waals surface area contributed by atoms with Crippen LogP contribution in [0.1, 0.15) is 19.8 Å². The first kappa shape index (κ1) is 12.0. The van der Waals surface area contributed by atoms with Crippen molar-refractivity contribution in [2.24, 2.45) is 5.41 Å². The lowest BCUT2D eigenvalue weighted by Crippen LogP contribution is -2.54. The van der Waals surface area contributed by atoms with Crippen LogP contribution in [0.5, 0.6) is 0 Å². The number of unbranched alkanes of at least 4 members (excludes halogenated alkanes) is 1. The summed E-state index contributed by atoms with van der Waals surface area (Å²) in [5.74, 6) is -0.146. The van der Waals surface area contributed by atoms with E-state index in [0.717, 1.165) is 12.8 Å². The van der Waals surface area contributed by atoms with Crippen molar-refractivity contribution in [3.05, 3.63) is 0 Å². The van der Waals surface area contributed by atoms with E-state index < -0.39 is 13.2 Å². The van der Waals surface area contributed by atoms with E-state index in [1.165, 1.54) is 0 Å². The summed E-state index contributed by atoms with van der Waals surface area (Å²) in [6.45, 7) is 3.03. The van der Waals surface area contributed by atoms with E-state index in [0.29, 0.717) is 6.54 Å². The van der Waals surface area contributed by atoms with Crippen molar-refractivity contribution in [3.8, 4) is 0 Å². The summed E-state index contributed by atoms with van der Waals surface area (Å²) in [7, 11) is -3.32. The third-order valence-corrected chi connectivity index (χ3v) is 4.13. The molecule has 6 nitrogen and oxygen atoms in total. The van der Waals surface area contributed by atoms with Crippen molar-refractivity contribution < 1.29 is 22.9 Å². The van der Waals surface area contributed by atoms with Crippen LogP contribution in [-0.4, -0.2) is 32.3 Å². The molecule has 0 atom stereocenters. The molecule has 16 heavy (non-hydrogen) atoms. The lowest BCUT2D eigenvalue weighted by atomic mass is 9.90. The number of rotatable bonds is 4. The lowest BCUT2D eigenvalue weighted by Gasteiger charge is -2.42. The second-order valence-electron chi connectivity index (χ2n) is 4.16. The Morgan fingerprint density at radius 1 is 1.31 bits per heavy atom. The maximum absolute atomic E-state index is 11.9. The van der Waals surface area contributed by atoms with Gasteiger partial charge in [0.25, 0.3) is 0 Å². The molecule has 1 N–H and O–H groups in total. The number of carbonyl (C=O) groups excluding carboxylic acids is 1. The van der Waals surface area contributed by atoms with Crippen LogP contribution in [0.3, 0.4) is 0 Å². The Hall–Kier alpha value is -0.420. The van der Waals surface area contributed by atoms with Crippen molar-refractivity contribution in [2.45, 2.75) is 19.8 Å². The van der Waals surface area contributed by atoms with Gasteiger partial charge >= 0.3 is 7.82 Å². The number of carbonyl (C=O) groups is 1. The Balaban J connectivity index is 1.93. The second kappa shape index (κ2) is 4.45. The van der Waals surface area contributed by atoms with E-state index in [9.17, 15) is 9.36 Å². The zero-order valence-electron chi connectivity index (χ0n) is 9.23. The van der Waals surface area contributed by atoms with Crippen molar-refractivity contribution in [2.75, 3.05) is 26.4 Å². The summed E-state index contributed by atoms with van der Waals surface area (Å²) in [6, 6.07) is 0. The van der Waals surface area contributed by atoms with Crippen molar-refractivity contribution >= 4 is 13.7 Å². The van der Waals surface area contributed by atoms with Gasteiger partial charge in [0, 0.05) is 6.54 Å². The van der Waals surface area contributed by atoms with Gasteiger partial charge in [0.2, 0.25) is 5.91 Å². The average Bonchev–Trinajstić information content (AvgIpc) is 2.31. The fourth-order valence-corrected chi connectivity index (χ4v) is 3.05. The predicted molar refractivity (Wildman–Crippen MR) is 55.8 cm³/mol. The fraction of sp³-hybridized carbons (Fsp3) is 0.889. The SMILES string of the molecule is CCCCNC(=O)C12COP(=O)(OC1)OC2. The van der Waals surface area contributed by atoms with Crippen LogP contribution in [0.25, 0.3) is 0 Å². The highest BCUT2D eigenvalue weighted by Crippen LogP contribution is 2.59. The molecule has 0 spiro atoms. The summed E-state index contributed by atoms with van der Waals surface area (Å²) < 4.78 is 26.3. The molecule has 0 saturated carbocycles. The number of phosphoric ester groups is 1. The van der Waals surface area contributed by atoms with Gasteiger partial charge in [-0.15, -0.1) is 0 Å². The van der Waals surface area contributed by atoms with Crippen LogP contribution in [0.15, 0.2) is 0 Å². The molecule has 2 bridgehead atoms. The molecule has 0 aromatic carbocycles. The Bertz CT molecular complexity index is 301. The molecule has 3 aliphatic rings. The first-order chi connectivity index (χ1) is 7.60. The molecule has 7 heteroatoms. The van der Waals surface area contributed by atoms with Gasteiger partial charge in [-0.05, 0) is 6.42 Å². The molecular weight excluding hydrogens is 233 g/mol. The molecule has 3 fully saturated rings. The van der Waals surface area contributed by atoms with Gasteiger partial charge in [-0.2, -0.15) is 0 Å². The lowest BCUT2D eigenvalue weighted by molar-refractivity contribution is -0.152. The molecular formula is C9H16NO5P. The summed E-state index contributed by atoms with van der Waals surface area (Å²) in [5, 5.41) is 2.81. The molecule has 92 valence electrons. The van der Waals surface area contributed by atoms with Crippen LogP contribution in [0, 0.1) is 5.41 Å². The highest BCUT2D eigenvalue weighted by Gasteiger charge is 2.54. The minimum absolute atomic E-state index is 0.113. The maximum Gasteiger partial charge on any atom is 0.474 e. The molecule has 3 aliphatic heterocycles. The molecule has 3 heterocycles. The first-order valence-corrected chi connectivity index (χ1v) is 6.88. The third kappa shape index (κ3) is 2.15. The number of fused-ring (bicyclic) bond motifs is 3. The molecule has 0 radical (unpaired) electrons. The molecule has 1 amide bonds. The molecule has 3 rings (SSSR count). The van der Waals surface area contributed by atoms with Gasteiger partial charge in [0.05, 0.1) is 19.8 Å². The standard InChI is InChI=1S/C9H16NO5P/c1-2-3-4-10-8(11)9-5-13-16(12,14-6-9)15-7-9/h2-7H2,1H3,(H,10,11). The maximum atomic E-state index is 11.9. The predicted octanol–water partition coefficient (Wildman–Crippen LogP) is 1.07. The van der Waals surface area contributed by atoms with Crippen LogP contribution in [0.2, 0.25) is 0 Å². The van der Waals surface area contributed by atoms with Gasteiger partial charge in [0.15, 0.2) is 0 Å². The molecule has 0 aromatic heterocycles. The molecule has 0 aromatic rings. The van der Waals surface area contributed by atoms with Gasteiger partial charge in [-0.3, -0.25) is 18.4 Å². The van der Waals surface area contributed by atoms with Crippen molar-refractivity contribution in [1.82, 2.24) is 5.32 Å². The first-order valence-electron chi connectivity index (χ1n) is 5.42. The Morgan fingerprint density at radius 3 is 2.38 bits per heavy atom. The number of phosphoric acid groups is 1. The number of hydrogen-bond acceptors (Lipinski definition) is 5. The smallest absolute Gasteiger partial charge is 0.355 e. The minimum atomic E-state index is -3.32. The van der Waals surface area contributed by atoms with E-state index in [4.69, 9.17) is 13.6 Å². The number of amides is 1. The summed E-state index contributed by atoms with van der Waals surface area (Å²) >= 11 is 0. The summed E-state index contributed by atoms with van der Waals surface area (Å²) in [4.78, 5) is 11.9. The number of nitrogens with one attached hydrogen (secondary N) is 1. The Kier molecular flexibility index (Phi) is 3.35. The Morgan fingerprint density at radius 2 is 1.88 bits per heavy atom. The van der Waals surface area contributed by atoms with Crippen molar-refractivity contribution in [1.29, 1.82) is 0 Å². The van der Waals surface area contributed by atoms with Crippen LogP contribution in [-0.2, 0) is 22.9 Å². The summed E-state index contributed by atoms with van der Waals surface area (Å²) in [6.07, 6.45) is 1.95. The largest absolute Gasteiger partial charge is 0.474 e. The van der Waals surface area contributed by atoms with Gasteiger partial charge in [0.1, 0.15) is 5.41 Å². The Labute approximate surface area is 94.2 Å². The number of hydrogen-bond donors (Lipinski definition) is 1. The molecule has 0 aliphatic carbocycles. The van der Waals surface area contributed by atoms with E-state index in [2.05, 4.69) is 12.2 Å². The van der Waals surface area contributed by atoms with Gasteiger partial charge in [-0.1, -0.05) is 13.3 Å². The van der Waals surface area contributed by atoms with E-state index in [1.807, 2.05) is 0 Å². The van der Waals surface area contributed by atoms with E-state index >= 15 is 0 Å². The highest BCUT2D eigenvalue weighted by atomic mass is 31.2. The van der Waals surface area contributed by atoms with E-state index in [1.54, 1.807) is 0 Å². The normalized spacial score (nSPS) is 37.3. The molecule has 3 saturated heterocycles. The summed E-state index contributed by atoms with van der Waals surface area (Å²) in [5.41, 5.74) is -0.820. The molecule has 0 unspecified atom stereocenters. The van der Waals surface area contributed by atoms with E-state index in [-0.39, 0.29) is 25.7 Å². The third-order valence-electron chi connectivity index (χ3n) is 2.79. The second-order valence-corrected chi connectivity index (χ2v) is 5.83. The fourth-order valence-electron chi connectivity index (χ4n) is 1.61.